The van der Waals surface area contributed by atoms with Gasteiger partial charge in [0.2, 0.25) is 0 Å². The van der Waals surface area contributed by atoms with Crippen LogP contribution < -0.4 is 0 Å². The summed E-state index contributed by atoms with van der Waals surface area (Å²) in [7, 11) is 1.25. The Morgan fingerprint density at radius 3 is 2.86 bits per heavy atom. The van der Waals surface area contributed by atoms with E-state index in [4.69, 9.17) is 16.9 Å². The highest BCUT2D eigenvalue weighted by Crippen LogP contribution is 2.20. The van der Waals surface area contributed by atoms with Gasteiger partial charge in [-0.15, -0.1) is 0 Å². The van der Waals surface area contributed by atoms with Crippen LogP contribution in [0.1, 0.15) is 11.5 Å². The van der Waals surface area contributed by atoms with E-state index in [1.54, 1.807) is 24.3 Å². The van der Waals surface area contributed by atoms with Gasteiger partial charge in [-0.05, 0) is 17.7 Å². The first-order valence-corrected chi connectivity index (χ1v) is 4.29. The van der Waals surface area contributed by atoms with Crippen molar-refractivity contribution >= 4 is 17.6 Å². The van der Waals surface area contributed by atoms with Gasteiger partial charge in [0.25, 0.3) is 0 Å². The first kappa shape index (κ1) is 10.6. The lowest BCUT2D eigenvalue weighted by Crippen LogP contribution is -2.12. The number of methoxy groups -OCH3 is 1. The average molecular weight is 210 g/mol. The van der Waals surface area contributed by atoms with E-state index in [1.807, 2.05) is 6.07 Å². The molecule has 0 amide bonds. The lowest BCUT2D eigenvalue weighted by molar-refractivity contribution is -0.140. The Morgan fingerprint density at radius 1 is 1.64 bits per heavy atom. The summed E-state index contributed by atoms with van der Waals surface area (Å²) in [5.41, 5.74) is 0.548. The molecule has 0 saturated carbocycles. The minimum Gasteiger partial charge on any atom is -0.468 e. The third-order valence-corrected chi connectivity index (χ3v) is 1.98. The van der Waals surface area contributed by atoms with Crippen LogP contribution in [0.15, 0.2) is 24.3 Å². The molecule has 4 heteroatoms. The first-order valence-electron chi connectivity index (χ1n) is 3.92. The molecule has 0 fully saturated rings. The molecule has 0 aromatic heterocycles. The molecule has 1 aromatic carbocycles. The fourth-order valence-electron chi connectivity index (χ4n) is 1.07. The average Bonchev–Trinajstić information content (AvgIpc) is 2.19. The fraction of sp³-hybridized carbons (Fsp3) is 0.200. The Balaban J connectivity index is 3.02. The number of hydrogen-bond donors (Lipinski definition) is 0. The minimum atomic E-state index is -0.904. The standard InChI is InChI=1S/C10H8ClNO2/c1-14-10(13)9(6-12)7-3-2-4-8(11)5-7/h2-5,9H,1H3. The topological polar surface area (TPSA) is 50.1 Å². The van der Waals surface area contributed by atoms with Crippen molar-refractivity contribution < 1.29 is 9.53 Å². The summed E-state index contributed by atoms with van der Waals surface area (Å²) in [6.07, 6.45) is 0. The van der Waals surface area contributed by atoms with Crippen molar-refractivity contribution in [2.75, 3.05) is 7.11 Å². The number of hydrogen-bond acceptors (Lipinski definition) is 3. The van der Waals surface area contributed by atoms with E-state index in [1.165, 1.54) is 7.11 Å². The number of halogens is 1. The third-order valence-electron chi connectivity index (χ3n) is 1.75. The van der Waals surface area contributed by atoms with Crippen LogP contribution in [-0.2, 0) is 9.53 Å². The van der Waals surface area contributed by atoms with Gasteiger partial charge in [0.15, 0.2) is 5.92 Å². The van der Waals surface area contributed by atoms with Crippen molar-refractivity contribution in [3.05, 3.63) is 34.9 Å². The third kappa shape index (κ3) is 2.24. The molecule has 1 rings (SSSR count). The molecule has 0 N–H and O–H groups in total. The summed E-state index contributed by atoms with van der Waals surface area (Å²) in [6.45, 7) is 0. The quantitative estimate of drug-likeness (QED) is 0.701. The molecule has 1 aromatic rings. The molecule has 72 valence electrons. The Morgan fingerprint density at radius 2 is 2.36 bits per heavy atom. The highest BCUT2D eigenvalue weighted by molar-refractivity contribution is 6.30. The van der Waals surface area contributed by atoms with Crippen LogP contribution >= 0.6 is 11.6 Å². The van der Waals surface area contributed by atoms with E-state index in [9.17, 15) is 4.79 Å². The van der Waals surface area contributed by atoms with E-state index in [-0.39, 0.29) is 0 Å². The first-order chi connectivity index (χ1) is 6.69. The van der Waals surface area contributed by atoms with Gasteiger partial charge in [0.05, 0.1) is 13.2 Å². The zero-order chi connectivity index (χ0) is 10.6. The molecule has 0 aliphatic rings. The lowest BCUT2D eigenvalue weighted by Gasteiger charge is -2.06. The fourth-order valence-corrected chi connectivity index (χ4v) is 1.27. The number of nitrogens with zero attached hydrogens (tertiary/aromatic N) is 1. The number of rotatable bonds is 2. The Kier molecular flexibility index (Phi) is 3.49. The van der Waals surface area contributed by atoms with Crippen molar-refractivity contribution in [2.24, 2.45) is 0 Å². The van der Waals surface area contributed by atoms with Gasteiger partial charge < -0.3 is 4.74 Å². The van der Waals surface area contributed by atoms with Crippen molar-refractivity contribution in [2.45, 2.75) is 5.92 Å². The van der Waals surface area contributed by atoms with Crippen LogP contribution in [-0.4, -0.2) is 13.1 Å². The Hall–Kier alpha value is -1.53. The molecular formula is C10H8ClNO2. The van der Waals surface area contributed by atoms with Crippen LogP contribution in [0, 0.1) is 11.3 Å². The van der Waals surface area contributed by atoms with Gasteiger partial charge in [0, 0.05) is 5.02 Å². The Bertz CT molecular complexity index is 384. The molecule has 0 radical (unpaired) electrons. The molecule has 0 heterocycles. The van der Waals surface area contributed by atoms with E-state index >= 15 is 0 Å². The summed E-state index contributed by atoms with van der Waals surface area (Å²) in [6, 6.07) is 8.47. The minimum absolute atomic E-state index is 0.492. The summed E-state index contributed by atoms with van der Waals surface area (Å²) in [5, 5.41) is 9.27. The molecule has 0 aliphatic carbocycles. The van der Waals surface area contributed by atoms with E-state index < -0.39 is 11.9 Å². The van der Waals surface area contributed by atoms with Gasteiger partial charge in [-0.2, -0.15) is 5.26 Å². The molecule has 0 bridgehead atoms. The van der Waals surface area contributed by atoms with Crippen molar-refractivity contribution in [3.8, 4) is 6.07 Å². The van der Waals surface area contributed by atoms with Crippen molar-refractivity contribution in [1.82, 2.24) is 0 Å². The van der Waals surface area contributed by atoms with E-state index in [2.05, 4.69) is 4.74 Å². The number of ether oxygens (including phenoxy) is 1. The molecule has 1 atom stereocenters. The van der Waals surface area contributed by atoms with Crippen LogP contribution in [0.2, 0.25) is 5.02 Å². The zero-order valence-corrected chi connectivity index (χ0v) is 8.28. The molecule has 0 spiro atoms. The number of esters is 1. The molecule has 0 aliphatic heterocycles. The maximum Gasteiger partial charge on any atom is 0.327 e. The van der Waals surface area contributed by atoms with E-state index in [0.29, 0.717) is 10.6 Å². The van der Waals surface area contributed by atoms with Gasteiger partial charge in [0.1, 0.15) is 0 Å². The lowest BCUT2D eigenvalue weighted by atomic mass is 10.0. The molecule has 1 unspecified atom stereocenters. The SMILES string of the molecule is COC(=O)C(C#N)c1cccc(Cl)c1. The predicted octanol–water partition coefficient (Wildman–Crippen LogP) is 2.12. The zero-order valence-electron chi connectivity index (χ0n) is 7.53. The monoisotopic (exact) mass is 209 g/mol. The molecule has 14 heavy (non-hydrogen) atoms. The number of carbonyl (C=O) groups excluding carboxylic acids is 1. The second kappa shape index (κ2) is 4.64. The number of benzene rings is 1. The van der Waals surface area contributed by atoms with Crippen LogP contribution in [0.5, 0.6) is 0 Å². The van der Waals surface area contributed by atoms with Gasteiger partial charge >= 0.3 is 5.97 Å². The predicted molar refractivity (Wildman–Crippen MR) is 51.8 cm³/mol. The van der Waals surface area contributed by atoms with Gasteiger partial charge in [-0.25, -0.2) is 0 Å². The van der Waals surface area contributed by atoms with Crippen LogP contribution in [0.3, 0.4) is 0 Å². The molecule has 0 saturated heterocycles. The number of carbonyl (C=O) groups is 1. The maximum atomic E-state index is 11.2. The van der Waals surface area contributed by atoms with Crippen molar-refractivity contribution in [1.29, 1.82) is 5.26 Å². The van der Waals surface area contributed by atoms with Crippen molar-refractivity contribution in [3.63, 3.8) is 0 Å². The number of nitriles is 1. The second-order valence-corrected chi connectivity index (χ2v) is 3.08. The largest absolute Gasteiger partial charge is 0.468 e. The highest BCUT2D eigenvalue weighted by Gasteiger charge is 2.20. The second-order valence-electron chi connectivity index (χ2n) is 2.64. The van der Waals surface area contributed by atoms with Gasteiger partial charge in [-0.1, -0.05) is 23.7 Å². The summed E-state index contributed by atoms with van der Waals surface area (Å²) >= 11 is 5.73. The van der Waals surface area contributed by atoms with Crippen LogP contribution in [0.4, 0.5) is 0 Å². The smallest absolute Gasteiger partial charge is 0.327 e. The Labute approximate surface area is 86.9 Å². The highest BCUT2D eigenvalue weighted by atomic mass is 35.5. The summed E-state index contributed by atoms with van der Waals surface area (Å²) in [5.74, 6) is -1.48. The maximum absolute atomic E-state index is 11.2. The molecular weight excluding hydrogens is 202 g/mol. The molecule has 3 nitrogen and oxygen atoms in total. The van der Waals surface area contributed by atoms with Gasteiger partial charge in [-0.3, -0.25) is 4.79 Å². The van der Waals surface area contributed by atoms with Crippen LogP contribution in [0.25, 0.3) is 0 Å². The van der Waals surface area contributed by atoms with E-state index in [0.717, 1.165) is 0 Å². The normalized spacial score (nSPS) is 11.5. The summed E-state index contributed by atoms with van der Waals surface area (Å²) in [4.78, 5) is 11.2. The summed E-state index contributed by atoms with van der Waals surface area (Å²) < 4.78 is 4.49.